The molecule has 0 fully saturated rings. The molecule has 5 nitrogen and oxygen atoms in total. The fourth-order valence-corrected chi connectivity index (χ4v) is 2.86. The number of nitrogens with one attached hydrogen (secondary N) is 1. The fraction of sp³-hybridized carbons (Fsp3) is 0.222. The van der Waals surface area contributed by atoms with Gasteiger partial charge >= 0.3 is 6.18 Å². The Balaban J connectivity index is 2.02. The van der Waals surface area contributed by atoms with E-state index in [0.29, 0.717) is 22.8 Å². The lowest BCUT2D eigenvalue weighted by Gasteiger charge is -2.13. The van der Waals surface area contributed by atoms with E-state index in [0.717, 1.165) is 18.2 Å². The van der Waals surface area contributed by atoms with Crippen molar-refractivity contribution in [2.75, 3.05) is 5.32 Å². The molecule has 9 heteroatoms. The number of anilines is 1. The summed E-state index contributed by atoms with van der Waals surface area (Å²) in [6, 6.07) is 6.04. The van der Waals surface area contributed by atoms with Gasteiger partial charge in [-0.3, -0.25) is 4.79 Å². The molecule has 0 unspecified atom stereocenters. The van der Waals surface area contributed by atoms with Gasteiger partial charge in [-0.15, -0.1) is 0 Å². The van der Waals surface area contributed by atoms with Crippen LogP contribution in [0.15, 0.2) is 34.7 Å². The van der Waals surface area contributed by atoms with Crippen LogP contribution in [0.2, 0.25) is 5.02 Å². The Labute approximate surface area is 157 Å². The highest BCUT2D eigenvalue weighted by atomic mass is 35.5. The fourth-order valence-electron chi connectivity index (χ4n) is 2.66. The molecular weight excluding hydrogens is 383 g/mol. The number of carbonyl (C=O) groups excluding carboxylic acids is 1. The van der Waals surface area contributed by atoms with Gasteiger partial charge in [0.05, 0.1) is 27.5 Å². The largest absolute Gasteiger partial charge is 0.466 e. The second kappa shape index (κ2) is 6.77. The van der Waals surface area contributed by atoms with Crippen LogP contribution in [-0.2, 0) is 6.18 Å². The molecule has 0 radical (unpaired) electrons. The van der Waals surface area contributed by atoms with E-state index in [1.165, 1.54) is 10.7 Å². The Bertz CT molecular complexity index is 1020. The topological polar surface area (TPSA) is 60.1 Å². The van der Waals surface area contributed by atoms with Crippen molar-refractivity contribution in [2.45, 2.75) is 26.9 Å². The Morgan fingerprint density at radius 1 is 1.19 bits per heavy atom. The summed E-state index contributed by atoms with van der Waals surface area (Å²) in [5.41, 5.74) is -0.0319. The summed E-state index contributed by atoms with van der Waals surface area (Å²) >= 11 is 6.09. The zero-order valence-corrected chi connectivity index (χ0v) is 15.4. The minimum absolute atomic E-state index is 0.00925. The van der Waals surface area contributed by atoms with Crippen molar-refractivity contribution in [1.82, 2.24) is 9.78 Å². The molecule has 2 aromatic heterocycles. The van der Waals surface area contributed by atoms with Crippen molar-refractivity contribution < 1.29 is 22.4 Å². The van der Waals surface area contributed by atoms with E-state index in [1.807, 2.05) is 0 Å². The first-order chi connectivity index (χ1) is 12.6. The average molecular weight is 398 g/mol. The summed E-state index contributed by atoms with van der Waals surface area (Å²) in [4.78, 5) is 12.5. The van der Waals surface area contributed by atoms with Crippen LogP contribution in [0.25, 0.3) is 5.69 Å². The highest BCUT2D eigenvalue weighted by Gasteiger charge is 2.31. The Kier molecular flexibility index (Phi) is 4.77. The average Bonchev–Trinajstić information content (AvgIpc) is 3.08. The van der Waals surface area contributed by atoms with Gasteiger partial charge in [0.25, 0.3) is 5.91 Å². The van der Waals surface area contributed by atoms with Crippen LogP contribution in [-0.4, -0.2) is 15.7 Å². The van der Waals surface area contributed by atoms with Crippen molar-refractivity contribution in [3.8, 4) is 5.69 Å². The standard InChI is InChI=1S/C18H15ClF3N3O2/c1-9-6-16(23-17(26)13-7-10(2)27-11(13)3)25(24-9)15-8-12(18(20,21)22)4-5-14(15)19/h4-8H,1-3H3,(H,23,26). The molecule has 2 heterocycles. The minimum Gasteiger partial charge on any atom is -0.466 e. The number of benzene rings is 1. The molecule has 0 saturated carbocycles. The second-order valence-corrected chi connectivity index (χ2v) is 6.43. The molecule has 0 aliphatic rings. The smallest absolute Gasteiger partial charge is 0.416 e. The number of nitrogens with zero attached hydrogens (tertiary/aromatic N) is 2. The monoisotopic (exact) mass is 397 g/mol. The summed E-state index contributed by atoms with van der Waals surface area (Å²) in [6.07, 6.45) is -4.53. The van der Waals surface area contributed by atoms with Crippen molar-refractivity contribution in [2.24, 2.45) is 0 Å². The van der Waals surface area contributed by atoms with Crippen LogP contribution in [0.5, 0.6) is 0 Å². The molecule has 0 aliphatic heterocycles. The van der Waals surface area contributed by atoms with Crippen LogP contribution < -0.4 is 5.32 Å². The maximum absolute atomic E-state index is 13.0. The van der Waals surface area contributed by atoms with E-state index in [4.69, 9.17) is 16.0 Å². The van der Waals surface area contributed by atoms with E-state index in [2.05, 4.69) is 10.4 Å². The molecule has 0 bridgehead atoms. The third-order valence-corrected chi connectivity index (χ3v) is 4.18. The number of hydrogen-bond acceptors (Lipinski definition) is 3. The Hall–Kier alpha value is -2.74. The lowest BCUT2D eigenvalue weighted by atomic mass is 10.2. The van der Waals surface area contributed by atoms with Crippen molar-refractivity contribution >= 4 is 23.3 Å². The molecule has 27 heavy (non-hydrogen) atoms. The number of hydrogen-bond donors (Lipinski definition) is 1. The summed E-state index contributed by atoms with van der Waals surface area (Å²) in [6.45, 7) is 5.01. The molecular formula is C18H15ClF3N3O2. The zero-order chi connectivity index (χ0) is 19.9. The normalized spacial score (nSPS) is 11.7. The van der Waals surface area contributed by atoms with Crippen LogP contribution in [0.3, 0.4) is 0 Å². The molecule has 1 amide bonds. The Morgan fingerprint density at radius 3 is 2.48 bits per heavy atom. The van der Waals surface area contributed by atoms with Crippen LogP contribution >= 0.6 is 11.6 Å². The highest BCUT2D eigenvalue weighted by molar-refractivity contribution is 6.32. The zero-order valence-electron chi connectivity index (χ0n) is 14.6. The molecule has 1 aromatic carbocycles. The van der Waals surface area contributed by atoms with Gasteiger partial charge in [0, 0.05) is 6.07 Å². The quantitative estimate of drug-likeness (QED) is 0.651. The highest BCUT2D eigenvalue weighted by Crippen LogP contribution is 2.34. The predicted molar refractivity (Wildman–Crippen MR) is 94.4 cm³/mol. The van der Waals surface area contributed by atoms with Crippen molar-refractivity contribution in [3.05, 3.63) is 63.7 Å². The first-order valence-electron chi connectivity index (χ1n) is 7.88. The van der Waals surface area contributed by atoms with Gasteiger partial charge in [0.15, 0.2) is 0 Å². The predicted octanol–water partition coefficient (Wildman–Crippen LogP) is 5.32. The summed E-state index contributed by atoms with van der Waals surface area (Å²) in [5, 5.41) is 6.88. The third kappa shape index (κ3) is 3.85. The number of carbonyl (C=O) groups is 1. The molecule has 3 rings (SSSR count). The number of aromatic nitrogens is 2. The maximum atomic E-state index is 13.0. The number of halogens is 4. The van der Waals surface area contributed by atoms with E-state index < -0.39 is 17.6 Å². The minimum atomic E-state index is -4.53. The first kappa shape index (κ1) is 19.0. The first-order valence-corrected chi connectivity index (χ1v) is 8.26. The summed E-state index contributed by atoms with van der Waals surface area (Å²) < 4.78 is 45.6. The van der Waals surface area contributed by atoms with Gasteiger partial charge in [0.1, 0.15) is 17.3 Å². The van der Waals surface area contributed by atoms with Gasteiger partial charge < -0.3 is 9.73 Å². The molecule has 0 saturated heterocycles. The van der Waals surface area contributed by atoms with Crippen molar-refractivity contribution in [3.63, 3.8) is 0 Å². The molecule has 142 valence electrons. The molecule has 3 aromatic rings. The second-order valence-electron chi connectivity index (χ2n) is 6.03. The van der Waals surface area contributed by atoms with E-state index in [9.17, 15) is 18.0 Å². The van der Waals surface area contributed by atoms with Gasteiger partial charge in [-0.05, 0) is 45.0 Å². The summed E-state index contributed by atoms with van der Waals surface area (Å²) in [5.74, 6) is 0.735. The SMILES string of the molecule is Cc1cc(NC(=O)c2cc(C)oc2C)n(-c2cc(C(F)(F)F)ccc2Cl)n1. The number of rotatable bonds is 3. The lowest BCUT2D eigenvalue weighted by molar-refractivity contribution is -0.137. The van der Waals surface area contributed by atoms with Crippen molar-refractivity contribution in [1.29, 1.82) is 0 Å². The third-order valence-electron chi connectivity index (χ3n) is 3.86. The van der Waals surface area contributed by atoms with Gasteiger partial charge in [-0.25, -0.2) is 4.68 Å². The molecule has 0 atom stereocenters. The van der Waals surface area contributed by atoms with Gasteiger partial charge in [0.2, 0.25) is 0 Å². The molecule has 0 spiro atoms. The molecule has 0 aliphatic carbocycles. The van der Waals surface area contributed by atoms with Gasteiger partial charge in [-0.2, -0.15) is 18.3 Å². The van der Waals surface area contributed by atoms with E-state index in [-0.39, 0.29) is 16.5 Å². The lowest BCUT2D eigenvalue weighted by Crippen LogP contribution is -2.16. The maximum Gasteiger partial charge on any atom is 0.416 e. The van der Waals surface area contributed by atoms with Gasteiger partial charge in [-0.1, -0.05) is 11.6 Å². The number of alkyl halides is 3. The summed E-state index contributed by atoms with van der Waals surface area (Å²) in [7, 11) is 0. The van der Waals surface area contributed by atoms with Crippen LogP contribution in [0, 0.1) is 20.8 Å². The van der Waals surface area contributed by atoms with Crippen LogP contribution in [0.1, 0.15) is 33.1 Å². The molecule has 1 N–H and O–H groups in total. The number of amides is 1. The van der Waals surface area contributed by atoms with E-state index >= 15 is 0 Å². The number of aryl methyl sites for hydroxylation is 3. The van der Waals surface area contributed by atoms with Crippen LogP contribution in [0.4, 0.5) is 19.0 Å². The number of furan rings is 1. The Morgan fingerprint density at radius 2 is 1.89 bits per heavy atom. The van der Waals surface area contributed by atoms with E-state index in [1.54, 1.807) is 26.8 Å².